The largest absolute Gasteiger partial charge is 0.230 e. The van der Waals surface area contributed by atoms with E-state index >= 15 is 0 Å². The van der Waals surface area contributed by atoms with Crippen molar-refractivity contribution in [3.8, 4) is 16.9 Å². The minimum absolute atomic E-state index is 0.0121. The molecule has 0 N–H and O–H groups in total. The highest BCUT2D eigenvalue weighted by atomic mass is 35.5. The fraction of sp³-hybridized carbons (Fsp3) is 0.0625. The summed E-state index contributed by atoms with van der Waals surface area (Å²) in [5.41, 5.74) is 1.16. The van der Waals surface area contributed by atoms with Crippen LogP contribution in [0.15, 0.2) is 41.4 Å². The van der Waals surface area contributed by atoms with Gasteiger partial charge in [0.05, 0.1) is 42.7 Å². The van der Waals surface area contributed by atoms with Gasteiger partial charge in [-0.2, -0.15) is 5.10 Å². The SMILES string of the molecule is CS(=O)(=O)c1cnn(-c2ccc(Cl)c(Cl)c2Cl)c1-c1ccc(Cl)c(Cl)c1. The van der Waals surface area contributed by atoms with Crippen LogP contribution in [0.5, 0.6) is 0 Å². The van der Waals surface area contributed by atoms with E-state index in [4.69, 9.17) is 58.0 Å². The van der Waals surface area contributed by atoms with E-state index in [-0.39, 0.29) is 30.7 Å². The molecule has 0 aliphatic carbocycles. The second-order valence-corrected chi connectivity index (χ2v) is 9.33. The lowest BCUT2D eigenvalue weighted by Gasteiger charge is -2.13. The van der Waals surface area contributed by atoms with E-state index in [2.05, 4.69) is 5.10 Å². The van der Waals surface area contributed by atoms with Crippen LogP contribution in [0.4, 0.5) is 0 Å². The zero-order chi connectivity index (χ0) is 19.2. The highest BCUT2D eigenvalue weighted by Gasteiger charge is 2.24. The van der Waals surface area contributed by atoms with Crippen LogP contribution < -0.4 is 0 Å². The van der Waals surface area contributed by atoms with Gasteiger partial charge in [-0.1, -0.05) is 64.1 Å². The maximum Gasteiger partial charge on any atom is 0.179 e. The molecular weight excluding hydrogens is 462 g/mol. The van der Waals surface area contributed by atoms with Crippen molar-refractivity contribution in [2.75, 3.05) is 6.26 Å². The van der Waals surface area contributed by atoms with Gasteiger partial charge in [0.15, 0.2) is 9.84 Å². The molecule has 0 unspecified atom stereocenters. The van der Waals surface area contributed by atoms with E-state index in [0.717, 1.165) is 6.26 Å². The van der Waals surface area contributed by atoms with Crippen LogP contribution in [0.25, 0.3) is 16.9 Å². The molecule has 0 saturated carbocycles. The highest BCUT2D eigenvalue weighted by molar-refractivity contribution is 7.90. The van der Waals surface area contributed by atoms with Crippen molar-refractivity contribution in [2.45, 2.75) is 4.90 Å². The number of benzene rings is 2. The van der Waals surface area contributed by atoms with Crippen molar-refractivity contribution in [1.82, 2.24) is 9.78 Å². The molecule has 0 saturated heterocycles. The second kappa shape index (κ2) is 7.23. The number of hydrogen-bond donors (Lipinski definition) is 0. The Morgan fingerprint density at radius 3 is 2.15 bits per heavy atom. The average molecular weight is 471 g/mol. The van der Waals surface area contributed by atoms with E-state index in [1.54, 1.807) is 30.3 Å². The van der Waals surface area contributed by atoms with Gasteiger partial charge in [-0.05, 0) is 24.3 Å². The lowest BCUT2D eigenvalue weighted by atomic mass is 10.1. The maximum atomic E-state index is 12.2. The summed E-state index contributed by atoms with van der Waals surface area (Å²) in [7, 11) is -3.58. The Balaban J connectivity index is 2.37. The molecule has 1 heterocycles. The van der Waals surface area contributed by atoms with Gasteiger partial charge in [0.2, 0.25) is 0 Å². The van der Waals surface area contributed by atoms with Crippen molar-refractivity contribution in [1.29, 1.82) is 0 Å². The first kappa shape index (κ1) is 19.8. The molecule has 136 valence electrons. The monoisotopic (exact) mass is 468 g/mol. The number of nitrogens with zero attached hydrogens (tertiary/aromatic N) is 2. The normalized spacial score (nSPS) is 11.8. The van der Waals surface area contributed by atoms with Crippen LogP contribution in [0.2, 0.25) is 25.1 Å². The quantitative estimate of drug-likeness (QED) is 0.428. The van der Waals surface area contributed by atoms with Crippen LogP contribution in [-0.2, 0) is 9.84 Å². The fourth-order valence-electron chi connectivity index (χ4n) is 2.37. The van der Waals surface area contributed by atoms with Crippen molar-refractivity contribution in [3.05, 3.63) is 61.6 Å². The van der Waals surface area contributed by atoms with Crippen molar-refractivity contribution in [3.63, 3.8) is 0 Å². The minimum atomic E-state index is -3.58. The smallest absolute Gasteiger partial charge is 0.179 e. The Morgan fingerprint density at radius 2 is 1.54 bits per heavy atom. The Kier molecular flexibility index (Phi) is 5.50. The Hall–Kier alpha value is -0.950. The molecule has 0 aliphatic rings. The predicted molar refractivity (Wildman–Crippen MR) is 107 cm³/mol. The van der Waals surface area contributed by atoms with Crippen LogP contribution in [0, 0.1) is 0 Å². The molecule has 2 aromatic carbocycles. The molecule has 0 fully saturated rings. The molecular formula is C16H9Cl5N2O2S. The maximum absolute atomic E-state index is 12.2. The first-order valence-electron chi connectivity index (χ1n) is 6.98. The number of aromatic nitrogens is 2. The molecule has 0 bridgehead atoms. The fourth-order valence-corrected chi connectivity index (χ4v) is 4.08. The third kappa shape index (κ3) is 3.57. The van der Waals surface area contributed by atoms with E-state index in [1.165, 1.54) is 10.9 Å². The van der Waals surface area contributed by atoms with Crippen LogP contribution in [-0.4, -0.2) is 24.5 Å². The minimum Gasteiger partial charge on any atom is -0.230 e. The molecule has 0 aliphatic heterocycles. The third-order valence-electron chi connectivity index (χ3n) is 3.57. The first-order valence-corrected chi connectivity index (χ1v) is 10.8. The van der Waals surface area contributed by atoms with Crippen LogP contribution >= 0.6 is 58.0 Å². The molecule has 1 aromatic heterocycles. The van der Waals surface area contributed by atoms with Gasteiger partial charge < -0.3 is 0 Å². The van der Waals surface area contributed by atoms with Crippen molar-refractivity contribution in [2.24, 2.45) is 0 Å². The highest BCUT2D eigenvalue weighted by Crippen LogP contribution is 2.38. The lowest BCUT2D eigenvalue weighted by molar-refractivity contribution is 0.602. The van der Waals surface area contributed by atoms with E-state index < -0.39 is 9.84 Å². The number of sulfone groups is 1. The van der Waals surface area contributed by atoms with Gasteiger partial charge in [0, 0.05) is 11.8 Å². The summed E-state index contributed by atoms with van der Waals surface area (Å²) in [6.45, 7) is 0. The Bertz CT molecular complexity index is 1130. The standard InChI is InChI=1S/C16H9Cl5N2O2S/c1-26(24,25)13-7-22-23(12-5-4-10(18)14(20)15(12)21)16(13)8-2-3-9(17)11(19)6-8/h2-7H,1H3. The van der Waals surface area contributed by atoms with Crippen molar-refractivity contribution >= 4 is 67.8 Å². The molecule has 0 amide bonds. The molecule has 4 nitrogen and oxygen atoms in total. The molecule has 3 aromatic rings. The summed E-state index contributed by atoms with van der Waals surface area (Å²) < 4.78 is 25.8. The van der Waals surface area contributed by atoms with Crippen LogP contribution in [0.1, 0.15) is 0 Å². The molecule has 0 atom stereocenters. The molecule has 3 rings (SSSR count). The average Bonchev–Trinajstić information content (AvgIpc) is 3.00. The number of halogens is 5. The Labute approximate surface area is 175 Å². The molecule has 10 heteroatoms. The number of rotatable bonds is 3. The summed E-state index contributed by atoms with van der Waals surface area (Å²) in [4.78, 5) is 0.0121. The predicted octanol–water partition coefficient (Wildman–Crippen LogP) is 6.21. The zero-order valence-corrected chi connectivity index (χ0v) is 17.6. The van der Waals surface area contributed by atoms with Gasteiger partial charge in [-0.3, -0.25) is 0 Å². The molecule has 0 radical (unpaired) electrons. The molecule has 26 heavy (non-hydrogen) atoms. The van der Waals surface area contributed by atoms with Gasteiger partial charge in [-0.15, -0.1) is 0 Å². The van der Waals surface area contributed by atoms with Gasteiger partial charge in [0.1, 0.15) is 4.90 Å². The third-order valence-corrected chi connectivity index (χ3v) is 6.69. The summed E-state index contributed by atoms with van der Waals surface area (Å²) in [6, 6.07) is 7.90. The summed E-state index contributed by atoms with van der Waals surface area (Å²) in [6.07, 6.45) is 2.33. The lowest BCUT2D eigenvalue weighted by Crippen LogP contribution is -2.04. The number of hydrogen-bond acceptors (Lipinski definition) is 3. The van der Waals surface area contributed by atoms with E-state index in [9.17, 15) is 8.42 Å². The van der Waals surface area contributed by atoms with Crippen molar-refractivity contribution < 1.29 is 8.42 Å². The van der Waals surface area contributed by atoms with Gasteiger partial charge in [-0.25, -0.2) is 13.1 Å². The first-order chi connectivity index (χ1) is 12.1. The topological polar surface area (TPSA) is 52.0 Å². The molecule has 0 spiro atoms. The zero-order valence-electron chi connectivity index (χ0n) is 13.0. The Morgan fingerprint density at radius 1 is 0.885 bits per heavy atom. The summed E-state index contributed by atoms with van der Waals surface area (Å²) in [5.74, 6) is 0. The van der Waals surface area contributed by atoms with Gasteiger partial charge >= 0.3 is 0 Å². The van der Waals surface area contributed by atoms with Gasteiger partial charge in [0.25, 0.3) is 0 Å². The van der Waals surface area contributed by atoms with E-state index in [0.29, 0.717) is 16.3 Å². The second-order valence-electron chi connectivity index (χ2n) is 5.36. The summed E-state index contributed by atoms with van der Waals surface area (Å²) >= 11 is 30.4. The summed E-state index contributed by atoms with van der Waals surface area (Å²) in [5, 5.41) is 5.36. The van der Waals surface area contributed by atoms with Crippen LogP contribution in [0.3, 0.4) is 0 Å². The van der Waals surface area contributed by atoms with E-state index in [1.807, 2.05) is 0 Å².